The number of guanidine groups is 1. The van der Waals surface area contributed by atoms with Gasteiger partial charge < -0.3 is 10.6 Å². The summed E-state index contributed by atoms with van der Waals surface area (Å²) < 4.78 is 0. The summed E-state index contributed by atoms with van der Waals surface area (Å²) in [5, 5.41) is 7.01. The second-order valence-electron chi connectivity index (χ2n) is 6.77. The first kappa shape index (κ1) is 16.3. The number of benzene rings is 1. The fraction of sp³-hybridized carbons (Fsp3) is 0.632. The molecule has 0 spiro atoms. The summed E-state index contributed by atoms with van der Waals surface area (Å²) in [6, 6.07) is 9.48. The van der Waals surface area contributed by atoms with Crippen LogP contribution in [0.15, 0.2) is 29.3 Å². The van der Waals surface area contributed by atoms with Gasteiger partial charge in [-0.25, -0.2) is 0 Å². The molecule has 1 aliphatic heterocycles. The number of aliphatic imine (C=N–C) groups is 1. The molecule has 0 aromatic heterocycles. The second-order valence-corrected chi connectivity index (χ2v) is 6.77. The van der Waals surface area contributed by atoms with Crippen LogP contribution in [-0.2, 0) is 13.0 Å². The van der Waals surface area contributed by atoms with E-state index < -0.39 is 0 Å². The molecule has 1 heterocycles. The van der Waals surface area contributed by atoms with Gasteiger partial charge in [-0.15, -0.1) is 0 Å². The second kappa shape index (κ2) is 8.34. The molecule has 0 atom stereocenters. The Morgan fingerprint density at radius 3 is 2.78 bits per heavy atom. The Labute approximate surface area is 140 Å². The molecule has 0 saturated heterocycles. The van der Waals surface area contributed by atoms with Crippen LogP contribution in [0.4, 0.5) is 0 Å². The number of hydrogen-bond donors (Lipinski definition) is 2. The van der Waals surface area contributed by atoms with E-state index >= 15 is 0 Å². The largest absolute Gasteiger partial charge is 0.356 e. The number of fused-ring (bicyclic) bond motifs is 1. The summed E-state index contributed by atoms with van der Waals surface area (Å²) in [6.07, 6.45) is 7.63. The lowest BCUT2D eigenvalue weighted by Gasteiger charge is -2.28. The molecule has 3 rings (SSSR count). The van der Waals surface area contributed by atoms with Crippen LogP contribution in [0, 0.1) is 0 Å². The van der Waals surface area contributed by atoms with Crippen LogP contribution >= 0.6 is 0 Å². The predicted molar refractivity (Wildman–Crippen MR) is 96.8 cm³/mol. The molecule has 2 aliphatic rings. The van der Waals surface area contributed by atoms with E-state index in [1.165, 1.54) is 49.8 Å². The third-order valence-electron chi connectivity index (χ3n) is 5.07. The van der Waals surface area contributed by atoms with Gasteiger partial charge in [-0.3, -0.25) is 9.89 Å². The molecule has 4 heteroatoms. The molecule has 1 aliphatic carbocycles. The molecule has 2 N–H and O–H groups in total. The quantitative estimate of drug-likeness (QED) is 0.498. The van der Waals surface area contributed by atoms with Gasteiger partial charge in [-0.05, 0) is 36.8 Å². The maximum atomic E-state index is 4.35. The fourth-order valence-corrected chi connectivity index (χ4v) is 3.71. The van der Waals surface area contributed by atoms with E-state index in [0.717, 1.165) is 32.0 Å². The normalized spacial score (nSPS) is 19.6. The first-order chi connectivity index (χ1) is 11.3. The Morgan fingerprint density at radius 2 is 2.00 bits per heavy atom. The number of nitrogens with zero attached hydrogens (tertiary/aromatic N) is 2. The zero-order valence-corrected chi connectivity index (χ0v) is 14.4. The molecule has 4 nitrogen and oxygen atoms in total. The van der Waals surface area contributed by atoms with Gasteiger partial charge in [0.15, 0.2) is 5.96 Å². The standard InChI is InChI=1S/C19H30N4/c1-20-19(22-18-9-4-5-10-18)21-12-6-13-23-14-11-16-7-2-3-8-17(16)15-23/h2-3,7-8,18H,4-6,9-15H2,1H3,(H2,20,21,22). The van der Waals surface area contributed by atoms with Gasteiger partial charge in [0.2, 0.25) is 0 Å². The first-order valence-electron chi connectivity index (χ1n) is 9.11. The topological polar surface area (TPSA) is 39.7 Å². The summed E-state index contributed by atoms with van der Waals surface area (Å²) in [6.45, 7) is 4.43. The molecule has 0 unspecified atom stereocenters. The van der Waals surface area contributed by atoms with E-state index in [0.29, 0.717) is 6.04 Å². The van der Waals surface area contributed by atoms with Crippen LogP contribution in [0.5, 0.6) is 0 Å². The number of rotatable bonds is 5. The average Bonchev–Trinajstić information content (AvgIpc) is 3.10. The Hall–Kier alpha value is -1.55. The van der Waals surface area contributed by atoms with Gasteiger partial charge in [0, 0.05) is 39.3 Å². The Morgan fingerprint density at radius 1 is 1.22 bits per heavy atom. The predicted octanol–water partition coefficient (Wildman–Crippen LogP) is 2.54. The van der Waals surface area contributed by atoms with Crippen molar-refractivity contribution in [2.75, 3.05) is 26.7 Å². The molecular formula is C19H30N4. The van der Waals surface area contributed by atoms with Crippen molar-refractivity contribution in [3.05, 3.63) is 35.4 Å². The Bertz CT molecular complexity index is 520. The average molecular weight is 314 g/mol. The molecule has 0 radical (unpaired) electrons. The van der Waals surface area contributed by atoms with Crippen LogP contribution in [0.1, 0.15) is 43.2 Å². The highest BCUT2D eigenvalue weighted by molar-refractivity contribution is 5.79. The van der Waals surface area contributed by atoms with Crippen LogP contribution in [0.3, 0.4) is 0 Å². The molecule has 0 bridgehead atoms. The third-order valence-corrected chi connectivity index (χ3v) is 5.07. The Balaban J connectivity index is 1.35. The van der Waals surface area contributed by atoms with Gasteiger partial charge in [0.1, 0.15) is 0 Å². The SMILES string of the molecule is CN=C(NCCCN1CCc2ccccc2C1)NC1CCCC1. The summed E-state index contributed by atoms with van der Waals surface area (Å²) in [5.41, 5.74) is 3.04. The zero-order chi connectivity index (χ0) is 15.9. The molecule has 1 aromatic carbocycles. The maximum Gasteiger partial charge on any atom is 0.191 e. The van der Waals surface area contributed by atoms with Gasteiger partial charge in [-0.1, -0.05) is 37.1 Å². The molecular weight excluding hydrogens is 284 g/mol. The molecule has 1 fully saturated rings. The van der Waals surface area contributed by atoms with Crippen molar-refractivity contribution in [3.63, 3.8) is 0 Å². The smallest absolute Gasteiger partial charge is 0.191 e. The van der Waals surface area contributed by atoms with Crippen molar-refractivity contribution in [3.8, 4) is 0 Å². The van der Waals surface area contributed by atoms with E-state index in [-0.39, 0.29) is 0 Å². The highest BCUT2D eigenvalue weighted by Gasteiger charge is 2.16. The van der Waals surface area contributed by atoms with Crippen LogP contribution in [-0.4, -0.2) is 43.6 Å². The molecule has 1 aromatic rings. The summed E-state index contributed by atoms with van der Waals surface area (Å²) in [5.74, 6) is 0.973. The Kier molecular flexibility index (Phi) is 5.92. The summed E-state index contributed by atoms with van der Waals surface area (Å²) >= 11 is 0. The minimum absolute atomic E-state index is 0.625. The number of hydrogen-bond acceptors (Lipinski definition) is 2. The molecule has 1 saturated carbocycles. The highest BCUT2D eigenvalue weighted by atomic mass is 15.2. The van der Waals surface area contributed by atoms with E-state index in [1.54, 1.807) is 0 Å². The van der Waals surface area contributed by atoms with Crippen LogP contribution in [0.2, 0.25) is 0 Å². The van der Waals surface area contributed by atoms with E-state index in [2.05, 4.69) is 44.8 Å². The van der Waals surface area contributed by atoms with Crippen LogP contribution in [0.25, 0.3) is 0 Å². The van der Waals surface area contributed by atoms with Gasteiger partial charge >= 0.3 is 0 Å². The van der Waals surface area contributed by atoms with Crippen molar-refractivity contribution in [2.24, 2.45) is 4.99 Å². The molecule has 23 heavy (non-hydrogen) atoms. The minimum atomic E-state index is 0.625. The number of nitrogens with one attached hydrogen (secondary N) is 2. The van der Waals surface area contributed by atoms with Crippen molar-refractivity contribution < 1.29 is 0 Å². The lowest BCUT2D eigenvalue weighted by atomic mass is 10.00. The third kappa shape index (κ3) is 4.71. The maximum absolute atomic E-state index is 4.35. The van der Waals surface area contributed by atoms with Gasteiger partial charge in [-0.2, -0.15) is 0 Å². The van der Waals surface area contributed by atoms with Crippen molar-refractivity contribution in [1.82, 2.24) is 15.5 Å². The van der Waals surface area contributed by atoms with E-state index in [9.17, 15) is 0 Å². The van der Waals surface area contributed by atoms with Crippen molar-refractivity contribution in [1.29, 1.82) is 0 Å². The lowest BCUT2D eigenvalue weighted by Crippen LogP contribution is -2.43. The van der Waals surface area contributed by atoms with Crippen molar-refractivity contribution in [2.45, 2.75) is 51.1 Å². The summed E-state index contributed by atoms with van der Waals surface area (Å²) in [7, 11) is 1.87. The molecule has 0 amide bonds. The lowest BCUT2D eigenvalue weighted by molar-refractivity contribution is 0.251. The van der Waals surface area contributed by atoms with Crippen LogP contribution < -0.4 is 10.6 Å². The van der Waals surface area contributed by atoms with E-state index in [1.807, 2.05) is 7.05 Å². The monoisotopic (exact) mass is 314 g/mol. The van der Waals surface area contributed by atoms with Gasteiger partial charge in [0.05, 0.1) is 0 Å². The first-order valence-corrected chi connectivity index (χ1v) is 9.11. The fourth-order valence-electron chi connectivity index (χ4n) is 3.71. The van der Waals surface area contributed by atoms with E-state index in [4.69, 9.17) is 0 Å². The molecule has 126 valence electrons. The summed E-state index contributed by atoms with van der Waals surface area (Å²) in [4.78, 5) is 6.91. The zero-order valence-electron chi connectivity index (χ0n) is 14.4. The van der Waals surface area contributed by atoms with Gasteiger partial charge in [0.25, 0.3) is 0 Å². The minimum Gasteiger partial charge on any atom is -0.356 e. The van der Waals surface area contributed by atoms with Crippen molar-refractivity contribution >= 4 is 5.96 Å². The highest BCUT2D eigenvalue weighted by Crippen LogP contribution is 2.18.